The number of carbonyl (C=O) groups is 3. The Hall–Kier alpha value is -6.83. The van der Waals surface area contributed by atoms with Gasteiger partial charge in [0.25, 0.3) is 5.69 Å². The third kappa shape index (κ3) is 37.6. The van der Waals surface area contributed by atoms with Gasteiger partial charge in [0.15, 0.2) is 12.1 Å². The normalized spacial score (nSPS) is 22.8. The number of carbonyl (C=O) groups excluding carboxylic acids is 3. The number of nitrogens with zero attached hydrogens (tertiary/aromatic N) is 1. The summed E-state index contributed by atoms with van der Waals surface area (Å²) in [4.78, 5) is 47.6. The van der Waals surface area contributed by atoms with Gasteiger partial charge in [-0.25, -0.2) is 0 Å². The summed E-state index contributed by atoms with van der Waals surface area (Å²) in [7, 11) is 0. The van der Waals surface area contributed by atoms with Crippen molar-refractivity contribution in [2.75, 3.05) is 6.54 Å². The molecule has 20 unspecified atom stereocenters. The number of nitrogens with one attached hydrogen (secondary N) is 2. The molecule has 1 saturated heterocycles. The molecule has 0 saturated carbocycles. The van der Waals surface area contributed by atoms with Crippen LogP contribution in [0.15, 0.2) is 182 Å². The van der Waals surface area contributed by atoms with Crippen LogP contribution < -0.4 is 10.6 Å². The topological polar surface area (TPSA) is 440 Å². The lowest BCUT2D eigenvalue weighted by Crippen LogP contribution is -2.58. The summed E-state index contributed by atoms with van der Waals surface area (Å²) in [6.07, 6.45) is 23.0. The van der Waals surface area contributed by atoms with Gasteiger partial charge >= 0.3 is 0 Å². The first kappa shape index (κ1) is 89.4. The maximum absolute atomic E-state index is 13.6. The third-order valence-electron chi connectivity index (χ3n) is 17.2. The fourth-order valence-electron chi connectivity index (χ4n) is 11.0. The number of ketones is 2. The minimum absolute atomic E-state index is 0.00181. The molecule has 20 atom stereocenters. The number of rotatable bonds is 50. The highest BCUT2D eigenvalue weighted by Gasteiger charge is 2.44. The Balaban J connectivity index is 1.36. The van der Waals surface area contributed by atoms with Crippen LogP contribution in [0.25, 0.3) is 0 Å². The number of aliphatic hydroxyl groups is 15. The van der Waals surface area contributed by atoms with Crippen LogP contribution in [0.5, 0.6) is 0 Å². The van der Waals surface area contributed by atoms with Gasteiger partial charge in [-0.2, -0.15) is 0 Å². The average molecular weight is 1430 g/mol. The summed E-state index contributed by atoms with van der Waals surface area (Å²) >= 11 is 0. The maximum atomic E-state index is 13.6. The zero-order valence-corrected chi connectivity index (χ0v) is 59.0. The highest BCUT2D eigenvalue weighted by molar-refractivity contribution is 6.03. The van der Waals surface area contributed by atoms with Crippen LogP contribution in [0.2, 0.25) is 0 Å². The lowest BCUT2D eigenvalue weighted by atomic mass is 9.88. The lowest BCUT2D eigenvalue weighted by Gasteiger charge is -2.41. The molecule has 0 bridgehead atoms. The highest BCUT2D eigenvalue weighted by atomic mass is 16.7. The Morgan fingerprint density at radius 3 is 1.73 bits per heavy atom. The summed E-state index contributed by atoms with van der Waals surface area (Å²) in [6, 6.07) is 6.21. The number of hydrogen-bond acceptors (Lipinski definition) is 23. The van der Waals surface area contributed by atoms with E-state index in [1.165, 1.54) is 49.4 Å². The van der Waals surface area contributed by atoms with E-state index in [-0.39, 0.29) is 99.5 Å². The first-order valence-electron chi connectivity index (χ1n) is 35.1. The van der Waals surface area contributed by atoms with Crippen LogP contribution in [0.4, 0.5) is 5.69 Å². The molecule has 1 heterocycles. The maximum Gasteiger partial charge on any atom is 0.269 e. The van der Waals surface area contributed by atoms with Crippen molar-refractivity contribution < 1.29 is 105 Å². The van der Waals surface area contributed by atoms with Crippen LogP contribution in [0, 0.1) is 27.9 Å². The Bertz CT molecular complexity index is 3020. The molecular weight excluding hydrogens is 1320 g/mol. The molecule has 1 aromatic rings. The number of allylic oxidation sites excluding steroid dienone is 18. The van der Waals surface area contributed by atoms with E-state index >= 15 is 0 Å². The molecular formula is C77H113N3O22. The Morgan fingerprint density at radius 1 is 0.608 bits per heavy atom. The van der Waals surface area contributed by atoms with Crippen LogP contribution in [0.3, 0.4) is 0 Å². The van der Waals surface area contributed by atoms with Gasteiger partial charge in [-0.1, -0.05) is 173 Å². The van der Waals surface area contributed by atoms with Crippen molar-refractivity contribution in [3.8, 4) is 0 Å². The summed E-state index contributed by atoms with van der Waals surface area (Å²) in [5, 5.41) is 174. The van der Waals surface area contributed by atoms with Gasteiger partial charge in [0.1, 0.15) is 35.6 Å². The minimum atomic E-state index is -1.66. The van der Waals surface area contributed by atoms with Crippen LogP contribution in [-0.4, -0.2) is 209 Å². The number of amides is 1. The summed E-state index contributed by atoms with van der Waals surface area (Å²) < 4.78 is 11.7. The van der Waals surface area contributed by atoms with Gasteiger partial charge in [-0.3, -0.25) is 24.5 Å². The number of Topliss-reactive ketones (excluding diaryl/α,β-unsaturated/α-hetero) is 2. The molecule has 1 aliphatic heterocycles. The van der Waals surface area contributed by atoms with Gasteiger partial charge in [0, 0.05) is 74.6 Å². The van der Waals surface area contributed by atoms with Crippen molar-refractivity contribution in [3.63, 3.8) is 0 Å². The van der Waals surface area contributed by atoms with Crippen molar-refractivity contribution in [1.82, 2.24) is 10.6 Å². The van der Waals surface area contributed by atoms with E-state index in [9.17, 15) is 101 Å². The monoisotopic (exact) mass is 1430 g/mol. The van der Waals surface area contributed by atoms with Crippen molar-refractivity contribution in [1.29, 1.82) is 0 Å². The minimum Gasteiger partial charge on any atom is -0.510 e. The molecule has 25 heteroatoms. The average Bonchev–Trinajstić information content (AvgIpc) is 1.03. The second kappa shape index (κ2) is 50.5. The smallest absolute Gasteiger partial charge is 0.269 e. The zero-order valence-electron chi connectivity index (χ0n) is 59.0. The van der Waals surface area contributed by atoms with Gasteiger partial charge in [-0.05, 0) is 89.7 Å². The van der Waals surface area contributed by atoms with Crippen LogP contribution in [-0.2, 0) is 30.4 Å². The molecule has 0 radical (unpaired) electrons. The van der Waals surface area contributed by atoms with E-state index in [2.05, 4.69) is 10.6 Å². The van der Waals surface area contributed by atoms with Crippen molar-refractivity contribution in [2.45, 2.75) is 241 Å². The first-order valence-corrected chi connectivity index (χ1v) is 35.1. The predicted molar refractivity (Wildman–Crippen MR) is 387 cm³/mol. The van der Waals surface area contributed by atoms with Gasteiger partial charge in [0.2, 0.25) is 5.91 Å². The first-order chi connectivity index (χ1) is 48.6. The van der Waals surface area contributed by atoms with Crippen molar-refractivity contribution in [2.24, 2.45) is 17.8 Å². The number of nitro benzene ring substituents is 1. The highest BCUT2D eigenvalue weighted by Crippen LogP contribution is 2.28. The van der Waals surface area contributed by atoms with E-state index in [1.54, 1.807) is 111 Å². The molecule has 102 heavy (non-hydrogen) atoms. The largest absolute Gasteiger partial charge is 0.510 e. The molecule has 1 aromatic carbocycles. The van der Waals surface area contributed by atoms with Gasteiger partial charge in [0.05, 0.1) is 84.3 Å². The second-order valence-electron chi connectivity index (χ2n) is 26.2. The SMILES string of the molecule is CC(/C=C/CC/C=C/C=C/C=C/C=C/C(=O)NC1=C(O)CCC1=O)C(O)C(C)C(O)/C=C/C=C/C=C/C=C/C=C/CC(OC1OC(C)C(O)C(O)C1O)C(C)C(=O)CC(O)CC(O)CC(O)/C=C/CC(O)CC(O)CC(O)CC(O)/C=C/CC(O)CC(O)CCCNCc1ccc([N+](=O)[O-])cc1. The molecule has 1 amide bonds. The Morgan fingerprint density at radius 2 is 1.14 bits per heavy atom. The molecule has 568 valence electrons. The van der Waals surface area contributed by atoms with E-state index in [0.29, 0.717) is 25.9 Å². The standard InChI is InChI=1S/C77H113N3O22/c1-51(27-20-16-12-8-5-6-11-15-19-23-35-71(94)79-72-67(91)40-41-68(72)92)73(95)53(3)66(90)33-21-17-13-9-7-10-14-18-22-34-70(102-77-76(98)75(97)74(96)54(4)101-77)52(2)69(93)49-65(89)48-64(88)46-60(84)31-25-30-59(83)45-63(87)47-62(86)44-58(82)29-24-28-57(81)43-61(85)32-26-42-78-50-55-36-38-56(39-37-55)80(99)100/h5-11,13-15,17-25,27,29,31,33,35-39,51-54,57-66,70,73-78,81-91,95-98H,12,16,26,28,30,32,34,40-50H2,1-4H3,(H,79,94)/b8-5+,9-7+,11-6+,14-10+,17-13+,19-15+,22-18+,27-20+,29-24+,31-25+,33-21+,35-23+. The Labute approximate surface area is 599 Å². The van der Waals surface area contributed by atoms with Gasteiger partial charge in [-0.15, -0.1) is 0 Å². The number of aliphatic hydroxyl groups excluding tert-OH is 15. The third-order valence-corrected chi connectivity index (χ3v) is 17.2. The molecule has 1 aliphatic carbocycles. The fourth-order valence-corrected chi connectivity index (χ4v) is 11.0. The predicted octanol–water partition coefficient (Wildman–Crippen LogP) is 5.73. The van der Waals surface area contributed by atoms with E-state index in [0.717, 1.165) is 18.4 Å². The number of non-ortho nitro benzene ring substituents is 1. The number of hydrogen-bond donors (Lipinski definition) is 17. The molecule has 0 spiro atoms. The lowest BCUT2D eigenvalue weighted by molar-refractivity contribution is -0.384. The fraction of sp³-hybridized carbons (Fsp3) is 0.545. The molecule has 2 aliphatic rings. The van der Waals surface area contributed by atoms with E-state index in [1.807, 2.05) is 37.3 Å². The summed E-state index contributed by atoms with van der Waals surface area (Å²) in [5.41, 5.74) is 0.853. The summed E-state index contributed by atoms with van der Waals surface area (Å²) in [5.74, 6) is -2.94. The van der Waals surface area contributed by atoms with Crippen LogP contribution >= 0.6 is 0 Å². The number of ether oxygens (including phenoxy) is 2. The molecule has 3 rings (SSSR count). The van der Waals surface area contributed by atoms with E-state index in [4.69, 9.17) is 9.47 Å². The van der Waals surface area contributed by atoms with Crippen molar-refractivity contribution >= 4 is 23.2 Å². The number of unbranched alkanes of at least 4 members (excludes halogenated alkanes) is 1. The molecule has 25 nitrogen and oxygen atoms in total. The summed E-state index contributed by atoms with van der Waals surface area (Å²) in [6.45, 7) is 7.80. The van der Waals surface area contributed by atoms with E-state index < -0.39 is 139 Å². The van der Waals surface area contributed by atoms with Crippen molar-refractivity contribution in [3.05, 3.63) is 197 Å². The second-order valence-corrected chi connectivity index (χ2v) is 26.2. The molecule has 17 N–H and O–H groups in total. The quantitative estimate of drug-likeness (QED) is 0.00924. The van der Waals surface area contributed by atoms with Crippen LogP contribution in [0.1, 0.15) is 136 Å². The number of benzene rings is 1. The molecule has 0 aromatic heterocycles. The zero-order chi connectivity index (χ0) is 75.5. The Kier molecular flexibility index (Phi) is 44.3. The van der Waals surface area contributed by atoms with Gasteiger partial charge < -0.3 is 96.7 Å². The number of nitro groups is 1. The molecule has 1 fully saturated rings.